The van der Waals surface area contributed by atoms with Crippen molar-refractivity contribution >= 4 is 15.9 Å². The zero-order chi connectivity index (χ0) is 20.6. The van der Waals surface area contributed by atoms with E-state index in [9.17, 15) is 8.42 Å². The highest BCUT2D eigenvalue weighted by atomic mass is 32.2. The lowest BCUT2D eigenvalue weighted by Gasteiger charge is -2.37. The lowest BCUT2D eigenvalue weighted by atomic mass is 9.99. The van der Waals surface area contributed by atoms with Gasteiger partial charge in [-0.3, -0.25) is 0 Å². The van der Waals surface area contributed by atoms with Gasteiger partial charge in [0.2, 0.25) is 5.90 Å². The molecule has 5 rings (SSSR count). The number of hydrogen-bond acceptors (Lipinski definition) is 8. The van der Waals surface area contributed by atoms with Gasteiger partial charge in [0, 0.05) is 0 Å². The van der Waals surface area contributed by atoms with Crippen LogP contribution in [0.3, 0.4) is 0 Å². The molecule has 1 aromatic carbocycles. The quantitative estimate of drug-likeness (QED) is 0.703. The van der Waals surface area contributed by atoms with Gasteiger partial charge in [-0.2, -0.15) is 8.42 Å². The minimum Gasteiger partial charge on any atom is -0.474 e. The second kappa shape index (κ2) is 6.22. The average Bonchev–Trinajstić information content (AvgIpc) is 3.20. The first-order valence-corrected chi connectivity index (χ1v) is 10.9. The second-order valence-corrected chi connectivity index (χ2v) is 9.96. The highest BCUT2D eigenvalue weighted by Crippen LogP contribution is 2.44. The molecule has 0 unspecified atom stereocenters. The van der Waals surface area contributed by atoms with Gasteiger partial charge in [-0.25, -0.2) is 0 Å². The zero-order valence-electron chi connectivity index (χ0n) is 16.5. The van der Waals surface area contributed by atoms with E-state index in [1.165, 1.54) is 6.07 Å². The van der Waals surface area contributed by atoms with Gasteiger partial charge in [0.25, 0.3) is 10.0 Å². The van der Waals surface area contributed by atoms with Crippen LogP contribution >= 0.6 is 0 Å². The van der Waals surface area contributed by atoms with Crippen molar-refractivity contribution in [1.29, 1.82) is 0 Å². The van der Waals surface area contributed by atoms with Crippen LogP contribution in [0.25, 0.3) is 0 Å². The Morgan fingerprint density at radius 2 is 1.62 bits per heavy atom. The molecule has 0 bridgehead atoms. The van der Waals surface area contributed by atoms with Crippen molar-refractivity contribution in [2.75, 3.05) is 6.61 Å². The summed E-state index contributed by atoms with van der Waals surface area (Å²) in [5.41, 5.74) is 0.434. The normalized spacial score (nSPS) is 38.1. The molecule has 0 N–H and O–H groups in total. The fourth-order valence-corrected chi connectivity index (χ4v) is 5.32. The molecule has 29 heavy (non-hydrogen) atoms. The summed E-state index contributed by atoms with van der Waals surface area (Å²) in [5.74, 6) is -1.58. The Hall–Kier alpha value is -1.56. The van der Waals surface area contributed by atoms with Gasteiger partial charge in [0.05, 0.1) is 5.56 Å². The Morgan fingerprint density at radius 1 is 0.966 bits per heavy atom. The number of nitrogens with zero attached hydrogens (tertiary/aromatic N) is 1. The Bertz CT molecular complexity index is 972. The van der Waals surface area contributed by atoms with E-state index < -0.39 is 52.3 Å². The van der Waals surface area contributed by atoms with Crippen LogP contribution in [0.1, 0.15) is 33.3 Å². The van der Waals surface area contributed by atoms with Crippen molar-refractivity contribution in [3.05, 3.63) is 29.8 Å². The van der Waals surface area contributed by atoms with Gasteiger partial charge in [0.15, 0.2) is 17.9 Å². The topological polar surface area (TPSA) is 102 Å². The third-order valence-corrected chi connectivity index (χ3v) is 6.55. The molecule has 4 aliphatic rings. The van der Waals surface area contributed by atoms with Gasteiger partial charge in [-0.05, 0) is 39.8 Å². The monoisotopic (exact) mass is 425 g/mol. The van der Waals surface area contributed by atoms with Crippen molar-refractivity contribution in [2.24, 2.45) is 4.40 Å². The molecule has 5 atom stereocenters. The van der Waals surface area contributed by atoms with Crippen LogP contribution in [-0.2, 0) is 38.4 Å². The van der Waals surface area contributed by atoms with E-state index in [-0.39, 0.29) is 17.4 Å². The highest BCUT2D eigenvalue weighted by Gasteiger charge is 2.60. The summed E-state index contributed by atoms with van der Waals surface area (Å²) in [5, 5.41) is 0. The van der Waals surface area contributed by atoms with Crippen molar-refractivity contribution in [3.63, 3.8) is 0 Å². The number of benzene rings is 1. The number of hydrogen-bond donors (Lipinski definition) is 0. The van der Waals surface area contributed by atoms with Gasteiger partial charge in [-0.15, -0.1) is 4.40 Å². The lowest BCUT2D eigenvalue weighted by molar-refractivity contribution is -0.239. The molecule has 4 aliphatic heterocycles. The van der Waals surface area contributed by atoms with Crippen LogP contribution in [0, 0.1) is 0 Å². The molecule has 158 valence electrons. The molecule has 3 saturated heterocycles. The van der Waals surface area contributed by atoms with Crippen molar-refractivity contribution in [1.82, 2.24) is 0 Å². The fourth-order valence-electron chi connectivity index (χ4n) is 4.17. The molecule has 0 radical (unpaired) electrons. The summed E-state index contributed by atoms with van der Waals surface area (Å²) in [6, 6.07) is 6.55. The smallest absolute Gasteiger partial charge is 0.286 e. The predicted octanol–water partition coefficient (Wildman–Crippen LogP) is 1.55. The first kappa shape index (κ1) is 19.4. The van der Waals surface area contributed by atoms with Gasteiger partial charge in [-0.1, -0.05) is 12.1 Å². The van der Waals surface area contributed by atoms with Crippen molar-refractivity contribution < 1.29 is 36.8 Å². The second-order valence-electron chi connectivity index (χ2n) is 8.39. The first-order chi connectivity index (χ1) is 13.5. The molecule has 3 fully saturated rings. The maximum atomic E-state index is 12.2. The summed E-state index contributed by atoms with van der Waals surface area (Å²) in [4.78, 5) is 0.133. The maximum absolute atomic E-state index is 12.2. The summed E-state index contributed by atoms with van der Waals surface area (Å²) in [6.07, 6.45) is -2.49. The number of rotatable bonds is 2. The van der Waals surface area contributed by atoms with Gasteiger partial charge >= 0.3 is 0 Å². The number of sulfonamides is 1. The van der Waals surface area contributed by atoms with E-state index >= 15 is 0 Å². The molecule has 10 heteroatoms. The first-order valence-electron chi connectivity index (χ1n) is 9.49. The Labute approximate surface area is 168 Å². The average molecular weight is 425 g/mol. The third kappa shape index (κ3) is 3.28. The zero-order valence-corrected chi connectivity index (χ0v) is 17.3. The van der Waals surface area contributed by atoms with E-state index in [1.54, 1.807) is 18.2 Å². The van der Waals surface area contributed by atoms with Crippen molar-refractivity contribution in [3.8, 4) is 0 Å². The highest BCUT2D eigenvalue weighted by molar-refractivity contribution is 7.90. The lowest BCUT2D eigenvalue weighted by Crippen LogP contribution is -2.56. The van der Waals surface area contributed by atoms with Crippen LogP contribution in [-0.4, -0.2) is 63.2 Å². The summed E-state index contributed by atoms with van der Waals surface area (Å²) in [6.45, 7) is 7.29. The van der Waals surface area contributed by atoms with Crippen LogP contribution in [0.5, 0.6) is 0 Å². The van der Waals surface area contributed by atoms with Crippen molar-refractivity contribution in [2.45, 2.75) is 74.9 Å². The summed E-state index contributed by atoms with van der Waals surface area (Å²) < 4.78 is 64.0. The summed E-state index contributed by atoms with van der Waals surface area (Å²) >= 11 is 0. The SMILES string of the molecule is CC1(C)O[C@H]2[C@@H](O1)[C@@H](COC1=NS(=O)(=O)c3ccccc31)O[C@@H]1OC(C)(C)O[C@@H]12. The van der Waals surface area contributed by atoms with Crippen LogP contribution < -0.4 is 0 Å². The minimum absolute atomic E-state index is 0.0241. The van der Waals surface area contributed by atoms with E-state index in [0.29, 0.717) is 5.56 Å². The van der Waals surface area contributed by atoms with E-state index in [4.69, 9.17) is 28.4 Å². The van der Waals surface area contributed by atoms with E-state index in [1.807, 2.05) is 27.7 Å². The Kier molecular flexibility index (Phi) is 4.16. The Morgan fingerprint density at radius 3 is 2.41 bits per heavy atom. The largest absolute Gasteiger partial charge is 0.474 e. The number of ether oxygens (including phenoxy) is 6. The third-order valence-electron chi connectivity index (χ3n) is 5.23. The van der Waals surface area contributed by atoms with E-state index in [2.05, 4.69) is 4.40 Å². The maximum Gasteiger partial charge on any atom is 0.286 e. The van der Waals surface area contributed by atoms with Crippen LogP contribution in [0.2, 0.25) is 0 Å². The van der Waals surface area contributed by atoms with Gasteiger partial charge in [0.1, 0.15) is 35.9 Å². The predicted molar refractivity (Wildman–Crippen MR) is 98.6 cm³/mol. The minimum atomic E-state index is -3.75. The standard InChI is InChI=1S/C19H23NO8S/c1-18(2)25-13-11(24-17-15(14(13)26-18)27-19(3,4)28-17)9-23-16-10-7-5-6-8-12(10)29(21,22)20-16/h5-8,11,13-15,17H,9H2,1-4H3/t11-,13+,14+,15-,17-/m1/s1. The van der Waals surface area contributed by atoms with E-state index in [0.717, 1.165) is 0 Å². The molecule has 0 saturated carbocycles. The molecule has 0 spiro atoms. The molecule has 0 aliphatic carbocycles. The molecule has 4 heterocycles. The Balaban J connectivity index is 1.38. The molecule has 0 amide bonds. The molecule has 1 aromatic rings. The molecule has 9 nitrogen and oxygen atoms in total. The number of fused-ring (bicyclic) bond motifs is 4. The fraction of sp³-hybridized carbons (Fsp3) is 0.632. The summed E-state index contributed by atoms with van der Waals surface area (Å²) in [7, 11) is -3.75. The van der Waals surface area contributed by atoms with Crippen LogP contribution in [0.15, 0.2) is 33.6 Å². The van der Waals surface area contributed by atoms with Gasteiger partial charge < -0.3 is 28.4 Å². The molecule has 0 aromatic heterocycles. The molecular weight excluding hydrogens is 402 g/mol. The molecular formula is C19H23NO8S. The van der Waals surface area contributed by atoms with Crippen LogP contribution in [0.4, 0.5) is 0 Å².